The summed E-state index contributed by atoms with van der Waals surface area (Å²) in [5.41, 5.74) is 0. The fourth-order valence-electron chi connectivity index (χ4n) is 1.57. The maximum absolute atomic E-state index is 12.0. The molecule has 21 heavy (non-hydrogen) atoms. The van der Waals surface area contributed by atoms with Crippen molar-refractivity contribution in [1.29, 1.82) is 0 Å². The van der Waals surface area contributed by atoms with Crippen molar-refractivity contribution in [3.05, 3.63) is 17.0 Å². The van der Waals surface area contributed by atoms with Crippen molar-refractivity contribution in [3.63, 3.8) is 0 Å². The second-order valence-electron chi connectivity index (χ2n) is 4.42. The van der Waals surface area contributed by atoms with Crippen molar-refractivity contribution < 1.29 is 21.6 Å². The van der Waals surface area contributed by atoms with Crippen molar-refractivity contribution in [2.45, 2.75) is 11.1 Å². The largest absolute Gasteiger partial charge is 0.383 e. The molecule has 0 aliphatic rings. The number of ether oxygens (including phenoxy) is 1. The second-order valence-corrected chi connectivity index (χ2v) is 9.68. The van der Waals surface area contributed by atoms with E-state index in [4.69, 9.17) is 4.74 Å². The fraction of sp³-hybridized carbons (Fsp3) is 0.636. The molecule has 0 saturated heterocycles. The number of aryl methyl sites for hydroxylation is 1. The molecule has 0 atom stereocenters. The molecule has 1 aromatic rings. The summed E-state index contributed by atoms with van der Waals surface area (Å²) in [5.74, 6) is 0. The van der Waals surface area contributed by atoms with Crippen LogP contribution >= 0.6 is 11.3 Å². The van der Waals surface area contributed by atoms with Crippen LogP contribution in [0.2, 0.25) is 0 Å². The molecule has 0 fully saturated rings. The summed E-state index contributed by atoms with van der Waals surface area (Å²) >= 11 is 1.17. The molecular formula is C11H20N2O5S3. The second kappa shape index (κ2) is 7.65. The molecule has 0 bridgehead atoms. The van der Waals surface area contributed by atoms with Gasteiger partial charge < -0.3 is 4.74 Å². The highest BCUT2D eigenvalue weighted by atomic mass is 32.2. The van der Waals surface area contributed by atoms with Crippen molar-refractivity contribution in [2.75, 3.05) is 39.6 Å². The molecule has 1 rings (SSSR count). The van der Waals surface area contributed by atoms with Crippen LogP contribution in [0.15, 0.2) is 16.3 Å². The summed E-state index contributed by atoms with van der Waals surface area (Å²) in [5, 5.41) is 0. The van der Waals surface area contributed by atoms with Gasteiger partial charge in [0.25, 0.3) is 0 Å². The summed E-state index contributed by atoms with van der Waals surface area (Å²) in [7, 11) is -5.51. The Labute approximate surface area is 130 Å². The molecule has 0 aliphatic carbocycles. The third kappa shape index (κ3) is 6.01. The summed E-state index contributed by atoms with van der Waals surface area (Å²) < 4.78 is 55.8. The van der Waals surface area contributed by atoms with Crippen LogP contribution in [0.3, 0.4) is 0 Å². The van der Waals surface area contributed by atoms with Gasteiger partial charge in [-0.1, -0.05) is 0 Å². The quantitative estimate of drug-likeness (QED) is 0.684. The van der Waals surface area contributed by atoms with Gasteiger partial charge in [-0.3, -0.25) is 0 Å². The highest BCUT2D eigenvalue weighted by Crippen LogP contribution is 2.20. The van der Waals surface area contributed by atoms with Gasteiger partial charge in [-0.2, -0.15) is 4.31 Å². The first-order chi connectivity index (χ1) is 9.66. The van der Waals surface area contributed by atoms with E-state index in [2.05, 4.69) is 4.72 Å². The average molecular weight is 356 g/mol. The van der Waals surface area contributed by atoms with Gasteiger partial charge in [0.2, 0.25) is 20.0 Å². The Kier molecular flexibility index (Phi) is 6.75. The van der Waals surface area contributed by atoms with Crippen molar-refractivity contribution in [2.24, 2.45) is 0 Å². The molecule has 0 radical (unpaired) electrons. The number of methoxy groups -OCH3 is 1. The Morgan fingerprint density at radius 3 is 2.38 bits per heavy atom. The van der Waals surface area contributed by atoms with E-state index in [9.17, 15) is 16.8 Å². The predicted molar refractivity (Wildman–Crippen MR) is 82.5 cm³/mol. The van der Waals surface area contributed by atoms with Crippen LogP contribution in [0.25, 0.3) is 0 Å². The molecule has 0 spiro atoms. The van der Waals surface area contributed by atoms with Gasteiger partial charge in [0.05, 0.1) is 12.9 Å². The van der Waals surface area contributed by atoms with Crippen molar-refractivity contribution >= 4 is 31.4 Å². The van der Waals surface area contributed by atoms with Crippen LogP contribution in [0.4, 0.5) is 0 Å². The average Bonchev–Trinajstić information content (AvgIpc) is 2.79. The summed E-state index contributed by atoms with van der Waals surface area (Å²) in [6.07, 6.45) is 1.08. The molecular weight excluding hydrogens is 336 g/mol. The first kappa shape index (κ1) is 18.5. The SMILES string of the molecule is COCCN(CCNS(=O)(=O)c1ccc(C)s1)S(C)(=O)=O. The minimum absolute atomic E-state index is 0.00999. The number of rotatable bonds is 9. The number of sulfonamides is 2. The zero-order chi connectivity index (χ0) is 16.1. The van der Waals surface area contributed by atoms with E-state index in [1.165, 1.54) is 28.8 Å². The highest BCUT2D eigenvalue weighted by Gasteiger charge is 2.19. The van der Waals surface area contributed by atoms with Crippen LogP contribution in [0, 0.1) is 6.92 Å². The minimum atomic E-state index is -3.59. The summed E-state index contributed by atoms with van der Waals surface area (Å²) in [4.78, 5) is 0.897. The van der Waals surface area contributed by atoms with Gasteiger partial charge in [0.1, 0.15) is 4.21 Å². The van der Waals surface area contributed by atoms with Gasteiger partial charge in [-0.15, -0.1) is 11.3 Å². The molecule has 0 saturated carbocycles. The van der Waals surface area contributed by atoms with Gasteiger partial charge >= 0.3 is 0 Å². The van der Waals surface area contributed by atoms with Gasteiger partial charge in [-0.25, -0.2) is 21.6 Å². The Balaban J connectivity index is 2.61. The lowest BCUT2D eigenvalue weighted by atomic mass is 10.5. The Hall–Kier alpha value is -0.520. The number of nitrogens with zero attached hydrogens (tertiary/aromatic N) is 1. The van der Waals surface area contributed by atoms with E-state index in [1.807, 2.05) is 6.92 Å². The fourth-order valence-corrected chi connectivity index (χ4v) is 4.75. The Bertz CT molecular complexity index is 651. The van der Waals surface area contributed by atoms with Gasteiger partial charge in [0.15, 0.2) is 0 Å². The van der Waals surface area contributed by atoms with E-state index in [0.717, 1.165) is 11.1 Å². The topological polar surface area (TPSA) is 92.8 Å². The van der Waals surface area contributed by atoms with Crippen molar-refractivity contribution in [3.8, 4) is 0 Å². The van der Waals surface area contributed by atoms with Gasteiger partial charge in [0, 0.05) is 31.6 Å². The van der Waals surface area contributed by atoms with E-state index in [-0.39, 0.29) is 30.5 Å². The molecule has 0 aliphatic heterocycles. The molecule has 1 aromatic heterocycles. The van der Waals surface area contributed by atoms with E-state index in [1.54, 1.807) is 6.07 Å². The van der Waals surface area contributed by atoms with Gasteiger partial charge in [-0.05, 0) is 19.1 Å². The monoisotopic (exact) mass is 356 g/mol. The van der Waals surface area contributed by atoms with E-state index < -0.39 is 20.0 Å². The summed E-state index contributed by atoms with van der Waals surface area (Å²) in [6, 6.07) is 3.25. The number of hydrogen-bond acceptors (Lipinski definition) is 6. The van der Waals surface area contributed by atoms with Crippen LogP contribution in [-0.4, -0.2) is 60.7 Å². The van der Waals surface area contributed by atoms with Crippen LogP contribution < -0.4 is 4.72 Å². The first-order valence-corrected chi connectivity index (χ1v) is 10.3. The zero-order valence-electron chi connectivity index (χ0n) is 12.2. The lowest BCUT2D eigenvalue weighted by Crippen LogP contribution is -2.39. The smallest absolute Gasteiger partial charge is 0.250 e. The minimum Gasteiger partial charge on any atom is -0.383 e. The van der Waals surface area contributed by atoms with Crippen LogP contribution in [-0.2, 0) is 24.8 Å². The normalized spacial score (nSPS) is 13.0. The molecule has 122 valence electrons. The van der Waals surface area contributed by atoms with E-state index in [0.29, 0.717) is 0 Å². The summed E-state index contributed by atoms with van der Waals surface area (Å²) in [6.45, 7) is 2.33. The zero-order valence-corrected chi connectivity index (χ0v) is 14.6. The number of hydrogen-bond donors (Lipinski definition) is 1. The Morgan fingerprint density at radius 1 is 1.24 bits per heavy atom. The predicted octanol–water partition coefficient (Wildman–Crippen LogP) is 0.243. The molecule has 0 unspecified atom stereocenters. The molecule has 7 nitrogen and oxygen atoms in total. The Morgan fingerprint density at radius 2 is 1.90 bits per heavy atom. The maximum Gasteiger partial charge on any atom is 0.250 e. The van der Waals surface area contributed by atoms with Crippen molar-refractivity contribution in [1.82, 2.24) is 9.03 Å². The van der Waals surface area contributed by atoms with Crippen LogP contribution in [0.1, 0.15) is 4.88 Å². The number of thiophene rings is 1. The third-order valence-electron chi connectivity index (χ3n) is 2.65. The molecule has 1 heterocycles. The van der Waals surface area contributed by atoms with E-state index >= 15 is 0 Å². The lowest BCUT2D eigenvalue weighted by Gasteiger charge is -2.19. The third-order valence-corrected chi connectivity index (χ3v) is 6.90. The standard InChI is InChI=1S/C11H20N2O5S3/c1-10-4-5-11(19-10)21(16,17)12-6-7-13(8-9-18-2)20(3,14)15/h4-5,12H,6-9H2,1-3H3. The maximum atomic E-state index is 12.0. The van der Waals surface area contributed by atoms with Crippen LogP contribution in [0.5, 0.6) is 0 Å². The number of nitrogens with one attached hydrogen (secondary N) is 1. The lowest BCUT2D eigenvalue weighted by molar-refractivity contribution is 0.179. The molecule has 1 N–H and O–H groups in total. The molecule has 10 heteroatoms. The first-order valence-electron chi connectivity index (χ1n) is 6.17. The molecule has 0 amide bonds. The highest BCUT2D eigenvalue weighted by molar-refractivity contribution is 7.91. The molecule has 0 aromatic carbocycles.